The summed E-state index contributed by atoms with van der Waals surface area (Å²) in [6.45, 7) is 0. The Morgan fingerprint density at radius 1 is 1.25 bits per heavy atom. The summed E-state index contributed by atoms with van der Waals surface area (Å²) in [7, 11) is 1.18. The van der Waals surface area contributed by atoms with Gasteiger partial charge in [0.1, 0.15) is 5.75 Å². The Morgan fingerprint density at radius 3 is 2.79 bits per heavy atom. The van der Waals surface area contributed by atoms with Crippen molar-refractivity contribution in [3.63, 3.8) is 0 Å². The molecule has 5 nitrogen and oxygen atoms in total. The van der Waals surface area contributed by atoms with E-state index >= 15 is 0 Å². The van der Waals surface area contributed by atoms with Crippen molar-refractivity contribution in [2.75, 3.05) is 7.11 Å². The molecule has 0 amide bonds. The number of carbonyl (C=O) groups is 1. The highest BCUT2D eigenvalue weighted by atomic mass is 32.1. The third-order valence-electron chi connectivity index (χ3n) is 3.34. The minimum Gasteiger partial charge on any atom is -0.467 e. The molecular formula is C17H14FNO4S. The molecular weight excluding hydrogens is 333 g/mol. The fourth-order valence-electron chi connectivity index (χ4n) is 2.16. The van der Waals surface area contributed by atoms with E-state index < -0.39 is 18.4 Å². The van der Waals surface area contributed by atoms with E-state index in [1.54, 1.807) is 12.1 Å². The van der Waals surface area contributed by atoms with Crippen LogP contribution in [0.25, 0.3) is 10.2 Å². The number of fused-ring (bicyclic) bond motifs is 1. The number of nitrogens with zero attached hydrogens (tertiary/aromatic N) is 1. The molecule has 1 heterocycles. The van der Waals surface area contributed by atoms with Crippen molar-refractivity contribution in [3.05, 3.63) is 59.1 Å². The normalized spacial score (nSPS) is 13.5. The number of hydrogen-bond donors (Lipinski definition) is 1. The van der Waals surface area contributed by atoms with Crippen molar-refractivity contribution in [1.82, 2.24) is 4.98 Å². The molecule has 0 saturated heterocycles. The summed E-state index contributed by atoms with van der Waals surface area (Å²) in [5.74, 6) is -0.614. The van der Waals surface area contributed by atoms with Gasteiger partial charge in [-0.15, -0.1) is 11.3 Å². The van der Waals surface area contributed by atoms with E-state index in [9.17, 15) is 14.3 Å². The molecule has 24 heavy (non-hydrogen) atoms. The average molecular weight is 347 g/mol. The van der Waals surface area contributed by atoms with Gasteiger partial charge in [0.2, 0.25) is 0 Å². The highest BCUT2D eigenvalue weighted by molar-refractivity contribution is 7.18. The van der Waals surface area contributed by atoms with E-state index in [1.807, 2.05) is 18.2 Å². The zero-order valence-corrected chi connectivity index (χ0v) is 13.5. The number of ether oxygens (including phenoxy) is 2. The van der Waals surface area contributed by atoms with Gasteiger partial charge in [-0.3, -0.25) is 0 Å². The summed E-state index contributed by atoms with van der Waals surface area (Å²) in [6, 6.07) is 13.4. The maximum absolute atomic E-state index is 14.4. The SMILES string of the molecule is COC(=O)[C@H](O)c1cccc(OC(F)c2nc3ccccc3s2)c1. The van der Waals surface area contributed by atoms with E-state index in [4.69, 9.17) is 4.74 Å². The molecule has 0 bridgehead atoms. The van der Waals surface area contributed by atoms with Gasteiger partial charge in [0, 0.05) is 0 Å². The molecule has 0 fully saturated rings. The standard InChI is InChI=1S/C17H14FNO4S/c1-22-17(21)14(20)10-5-4-6-11(9-10)23-15(18)16-19-12-7-2-3-8-13(12)24-16/h2-9,14-15,20H,1H3/t14-,15?/m1/s1. The topological polar surface area (TPSA) is 68.7 Å². The second-order valence-corrected chi connectivity index (χ2v) is 6.01. The number of alkyl halides is 1. The average Bonchev–Trinajstić information content (AvgIpc) is 3.05. The van der Waals surface area contributed by atoms with E-state index in [0.717, 1.165) is 4.70 Å². The number of hydrogen-bond acceptors (Lipinski definition) is 6. The highest BCUT2D eigenvalue weighted by Gasteiger charge is 2.20. The van der Waals surface area contributed by atoms with E-state index in [-0.39, 0.29) is 16.3 Å². The smallest absolute Gasteiger partial charge is 0.339 e. The quantitative estimate of drug-likeness (QED) is 0.715. The van der Waals surface area contributed by atoms with Crippen molar-refractivity contribution in [1.29, 1.82) is 0 Å². The van der Waals surface area contributed by atoms with Crippen LogP contribution in [-0.2, 0) is 9.53 Å². The predicted molar refractivity (Wildman–Crippen MR) is 87.5 cm³/mol. The number of para-hydroxylation sites is 1. The van der Waals surface area contributed by atoms with Crippen molar-refractivity contribution < 1.29 is 23.8 Å². The molecule has 1 aromatic heterocycles. The van der Waals surface area contributed by atoms with Gasteiger partial charge in [0.15, 0.2) is 11.1 Å². The Bertz CT molecular complexity index is 833. The molecule has 3 aromatic rings. The molecule has 2 atom stereocenters. The Balaban J connectivity index is 1.79. The van der Waals surface area contributed by atoms with Crippen LogP contribution in [0.1, 0.15) is 23.0 Å². The van der Waals surface area contributed by atoms with Crippen LogP contribution in [0.3, 0.4) is 0 Å². The molecule has 0 radical (unpaired) electrons. The lowest BCUT2D eigenvalue weighted by atomic mass is 10.1. The first-order valence-electron chi connectivity index (χ1n) is 7.10. The molecule has 7 heteroatoms. The monoisotopic (exact) mass is 347 g/mol. The number of aromatic nitrogens is 1. The van der Waals surface area contributed by atoms with Crippen molar-refractivity contribution >= 4 is 27.5 Å². The first-order chi connectivity index (χ1) is 11.6. The van der Waals surface area contributed by atoms with Crippen LogP contribution in [0.4, 0.5) is 4.39 Å². The lowest BCUT2D eigenvalue weighted by Crippen LogP contribution is -2.13. The molecule has 3 rings (SSSR count). The van der Waals surface area contributed by atoms with Gasteiger partial charge >= 0.3 is 5.97 Å². The van der Waals surface area contributed by atoms with Crippen LogP contribution in [-0.4, -0.2) is 23.2 Å². The molecule has 0 aliphatic heterocycles. The maximum Gasteiger partial charge on any atom is 0.339 e. The van der Waals surface area contributed by atoms with Crippen LogP contribution in [0.5, 0.6) is 5.75 Å². The number of carbonyl (C=O) groups excluding carboxylic acids is 1. The number of benzene rings is 2. The predicted octanol–water partition coefficient (Wildman–Crippen LogP) is 3.55. The summed E-state index contributed by atoms with van der Waals surface area (Å²) in [5.41, 5.74) is 0.967. The van der Waals surface area contributed by atoms with Gasteiger partial charge in [0.25, 0.3) is 6.36 Å². The number of halogens is 1. The van der Waals surface area contributed by atoms with Gasteiger partial charge in [-0.25, -0.2) is 9.78 Å². The van der Waals surface area contributed by atoms with Gasteiger partial charge in [-0.1, -0.05) is 24.3 Å². The number of thiazole rings is 1. The van der Waals surface area contributed by atoms with Crippen LogP contribution in [0, 0.1) is 0 Å². The maximum atomic E-state index is 14.4. The van der Waals surface area contributed by atoms with Crippen LogP contribution >= 0.6 is 11.3 Å². The molecule has 0 aliphatic rings. The Labute approximate surface area is 141 Å². The van der Waals surface area contributed by atoms with Gasteiger partial charge in [0.05, 0.1) is 17.3 Å². The van der Waals surface area contributed by atoms with Gasteiger partial charge in [-0.2, -0.15) is 4.39 Å². The molecule has 0 aliphatic carbocycles. The van der Waals surface area contributed by atoms with E-state index in [0.29, 0.717) is 5.52 Å². The first-order valence-corrected chi connectivity index (χ1v) is 7.92. The van der Waals surface area contributed by atoms with E-state index in [2.05, 4.69) is 9.72 Å². The molecule has 124 valence electrons. The molecule has 2 aromatic carbocycles. The van der Waals surface area contributed by atoms with Gasteiger partial charge in [-0.05, 0) is 29.8 Å². The minimum absolute atomic E-state index is 0.183. The molecule has 1 unspecified atom stereocenters. The van der Waals surface area contributed by atoms with Crippen molar-refractivity contribution in [3.8, 4) is 5.75 Å². The number of aliphatic hydroxyl groups excluding tert-OH is 1. The second kappa shape index (κ2) is 6.94. The summed E-state index contributed by atoms with van der Waals surface area (Å²) in [4.78, 5) is 15.6. The fourth-order valence-corrected chi connectivity index (χ4v) is 3.04. The summed E-state index contributed by atoms with van der Waals surface area (Å²) >= 11 is 1.21. The first kappa shape index (κ1) is 16.4. The highest BCUT2D eigenvalue weighted by Crippen LogP contribution is 2.31. The lowest BCUT2D eigenvalue weighted by Gasteiger charge is -2.12. The fraction of sp³-hybridized carbons (Fsp3) is 0.176. The zero-order valence-electron chi connectivity index (χ0n) is 12.7. The lowest BCUT2D eigenvalue weighted by molar-refractivity contribution is -0.150. The van der Waals surface area contributed by atoms with Crippen LogP contribution in [0.2, 0.25) is 0 Å². The van der Waals surface area contributed by atoms with Crippen LogP contribution < -0.4 is 4.74 Å². The molecule has 1 N–H and O–H groups in total. The number of aliphatic hydroxyl groups is 1. The van der Waals surface area contributed by atoms with E-state index in [1.165, 1.54) is 36.6 Å². The third-order valence-corrected chi connectivity index (χ3v) is 4.39. The Kier molecular flexibility index (Phi) is 4.73. The van der Waals surface area contributed by atoms with Crippen LogP contribution in [0.15, 0.2) is 48.5 Å². The van der Waals surface area contributed by atoms with Crippen molar-refractivity contribution in [2.24, 2.45) is 0 Å². The third kappa shape index (κ3) is 3.37. The number of rotatable bonds is 5. The largest absolute Gasteiger partial charge is 0.467 e. The summed E-state index contributed by atoms with van der Waals surface area (Å²) in [5, 5.41) is 10.0. The number of methoxy groups -OCH3 is 1. The number of esters is 1. The second-order valence-electron chi connectivity index (χ2n) is 4.95. The summed E-state index contributed by atoms with van der Waals surface area (Å²) in [6.07, 6.45) is -3.19. The molecule has 0 spiro atoms. The van der Waals surface area contributed by atoms with Gasteiger partial charge < -0.3 is 14.6 Å². The Hall–Kier alpha value is -2.51. The Morgan fingerprint density at radius 2 is 2.04 bits per heavy atom. The molecule has 0 saturated carbocycles. The van der Waals surface area contributed by atoms with Crippen molar-refractivity contribution in [2.45, 2.75) is 12.5 Å². The summed E-state index contributed by atoms with van der Waals surface area (Å²) < 4.78 is 25.0. The zero-order chi connectivity index (χ0) is 17.1. The minimum atomic E-state index is -1.74.